The SMILES string of the molecule is Cc1cccc(-c2nnn3c2CN2C(=O)Cn4nnnc4C2c2ccccc2-3)c1. The first kappa shape index (κ1) is 16.1. The lowest BCUT2D eigenvalue weighted by Crippen LogP contribution is -2.43. The molecule has 4 heterocycles. The summed E-state index contributed by atoms with van der Waals surface area (Å²) in [5.74, 6) is 0.627. The van der Waals surface area contributed by atoms with Crippen LogP contribution in [0.15, 0.2) is 48.5 Å². The molecule has 1 amide bonds. The van der Waals surface area contributed by atoms with E-state index in [4.69, 9.17) is 0 Å². The molecule has 2 aliphatic rings. The number of carbonyl (C=O) groups excluding carboxylic acids is 1. The molecule has 4 aromatic rings. The van der Waals surface area contributed by atoms with E-state index in [0.29, 0.717) is 12.4 Å². The van der Waals surface area contributed by atoms with E-state index in [1.807, 2.05) is 59.0 Å². The average Bonchev–Trinajstić information content (AvgIpc) is 3.32. The lowest BCUT2D eigenvalue weighted by molar-refractivity contribution is -0.136. The zero-order valence-corrected chi connectivity index (χ0v) is 15.6. The summed E-state index contributed by atoms with van der Waals surface area (Å²) in [6, 6.07) is 15.7. The summed E-state index contributed by atoms with van der Waals surface area (Å²) in [4.78, 5) is 14.9. The molecule has 2 aromatic heterocycles. The van der Waals surface area contributed by atoms with E-state index in [1.165, 1.54) is 0 Å². The number of benzene rings is 2. The molecule has 0 fully saturated rings. The number of carbonyl (C=O) groups is 1. The van der Waals surface area contributed by atoms with Crippen molar-refractivity contribution in [3.05, 3.63) is 71.2 Å². The third-order valence-electron chi connectivity index (χ3n) is 5.56. The number of para-hydroxylation sites is 1. The van der Waals surface area contributed by atoms with Gasteiger partial charge in [0.1, 0.15) is 18.3 Å². The van der Waals surface area contributed by atoms with Crippen molar-refractivity contribution in [3.63, 3.8) is 0 Å². The number of rotatable bonds is 1. The quantitative estimate of drug-likeness (QED) is 0.496. The van der Waals surface area contributed by atoms with Crippen LogP contribution in [0, 0.1) is 6.92 Å². The molecule has 2 aliphatic heterocycles. The van der Waals surface area contributed by atoms with E-state index in [1.54, 1.807) is 4.68 Å². The van der Waals surface area contributed by atoms with Gasteiger partial charge in [0.2, 0.25) is 5.91 Å². The Kier molecular flexibility index (Phi) is 3.23. The van der Waals surface area contributed by atoms with Gasteiger partial charge in [-0.1, -0.05) is 47.2 Å². The molecular formula is C20H16N8O. The van der Waals surface area contributed by atoms with E-state index in [0.717, 1.165) is 33.8 Å². The number of hydrogen-bond donors (Lipinski definition) is 0. The van der Waals surface area contributed by atoms with Gasteiger partial charge in [-0.25, -0.2) is 9.36 Å². The first-order chi connectivity index (χ1) is 14.2. The van der Waals surface area contributed by atoms with Gasteiger partial charge in [0.25, 0.3) is 0 Å². The highest BCUT2D eigenvalue weighted by molar-refractivity contribution is 5.79. The Hall–Kier alpha value is -3.88. The van der Waals surface area contributed by atoms with Crippen LogP contribution in [0.1, 0.15) is 28.7 Å². The first-order valence-electron chi connectivity index (χ1n) is 9.37. The summed E-state index contributed by atoms with van der Waals surface area (Å²) in [6.45, 7) is 2.55. The van der Waals surface area contributed by atoms with Crippen molar-refractivity contribution in [2.75, 3.05) is 0 Å². The number of aryl methyl sites for hydroxylation is 1. The maximum absolute atomic E-state index is 13.0. The third kappa shape index (κ3) is 2.27. The Bertz CT molecular complexity index is 1270. The molecule has 9 heteroatoms. The molecule has 1 atom stereocenters. The Morgan fingerprint density at radius 3 is 2.79 bits per heavy atom. The fraction of sp³-hybridized carbons (Fsp3) is 0.200. The number of hydrogen-bond acceptors (Lipinski definition) is 6. The molecule has 0 aliphatic carbocycles. The van der Waals surface area contributed by atoms with Crippen LogP contribution >= 0.6 is 0 Å². The van der Waals surface area contributed by atoms with Gasteiger partial charge in [-0.05, 0) is 29.5 Å². The Labute approximate surface area is 165 Å². The molecule has 2 aromatic carbocycles. The van der Waals surface area contributed by atoms with Crippen molar-refractivity contribution < 1.29 is 4.79 Å². The predicted octanol–water partition coefficient (Wildman–Crippen LogP) is 1.67. The highest BCUT2D eigenvalue weighted by atomic mass is 16.2. The average molecular weight is 384 g/mol. The summed E-state index contributed by atoms with van der Waals surface area (Å²) in [6.07, 6.45) is 0. The van der Waals surface area contributed by atoms with Crippen molar-refractivity contribution >= 4 is 5.91 Å². The van der Waals surface area contributed by atoms with Crippen LogP contribution in [0.25, 0.3) is 16.9 Å². The maximum Gasteiger partial charge on any atom is 0.245 e. The highest BCUT2D eigenvalue weighted by Crippen LogP contribution is 2.39. The Balaban J connectivity index is 1.61. The van der Waals surface area contributed by atoms with Crippen LogP contribution in [0.5, 0.6) is 0 Å². The molecule has 9 nitrogen and oxygen atoms in total. The van der Waals surface area contributed by atoms with Gasteiger partial charge in [-0.15, -0.1) is 10.2 Å². The molecule has 0 spiro atoms. The van der Waals surface area contributed by atoms with Crippen molar-refractivity contribution in [2.45, 2.75) is 26.1 Å². The van der Waals surface area contributed by atoms with Gasteiger partial charge in [0, 0.05) is 11.1 Å². The van der Waals surface area contributed by atoms with Crippen molar-refractivity contribution in [1.29, 1.82) is 0 Å². The Morgan fingerprint density at radius 1 is 1.00 bits per heavy atom. The largest absolute Gasteiger partial charge is 0.321 e. The summed E-state index contributed by atoms with van der Waals surface area (Å²) in [5.41, 5.74) is 5.59. The van der Waals surface area contributed by atoms with E-state index in [9.17, 15) is 4.79 Å². The fourth-order valence-electron chi connectivity index (χ4n) is 4.24. The number of aromatic nitrogens is 7. The monoisotopic (exact) mass is 384 g/mol. The summed E-state index contributed by atoms with van der Waals surface area (Å²) >= 11 is 0. The molecule has 0 saturated heterocycles. The van der Waals surface area contributed by atoms with E-state index >= 15 is 0 Å². The molecule has 29 heavy (non-hydrogen) atoms. The summed E-state index contributed by atoms with van der Waals surface area (Å²) in [7, 11) is 0. The van der Waals surface area contributed by atoms with Crippen molar-refractivity contribution in [2.24, 2.45) is 0 Å². The number of fused-ring (bicyclic) bond motifs is 7. The third-order valence-corrected chi connectivity index (χ3v) is 5.56. The standard InChI is InChI=1S/C20H16N8O/c1-12-5-4-6-13(9-12)18-16-10-26-17(29)11-27-20(22-23-25-27)19(26)14-7-2-3-8-15(14)28(16)24-21-18/h2-9,19H,10-11H2,1H3. The van der Waals surface area contributed by atoms with Crippen LogP contribution < -0.4 is 0 Å². The molecule has 142 valence electrons. The molecule has 6 rings (SSSR count). The number of nitrogens with zero attached hydrogens (tertiary/aromatic N) is 8. The minimum absolute atomic E-state index is 0.0329. The normalized spacial score (nSPS) is 17.2. The maximum atomic E-state index is 13.0. The molecule has 1 unspecified atom stereocenters. The lowest BCUT2D eigenvalue weighted by Gasteiger charge is -2.33. The number of tetrazole rings is 1. The highest BCUT2D eigenvalue weighted by Gasteiger charge is 2.41. The minimum atomic E-state index is -0.366. The van der Waals surface area contributed by atoms with Gasteiger partial charge in [-0.3, -0.25) is 4.79 Å². The summed E-state index contributed by atoms with van der Waals surface area (Å²) in [5, 5.41) is 20.9. The smallest absolute Gasteiger partial charge is 0.245 e. The zero-order valence-electron chi connectivity index (χ0n) is 15.6. The fourth-order valence-corrected chi connectivity index (χ4v) is 4.24. The summed E-state index contributed by atoms with van der Waals surface area (Å²) < 4.78 is 3.42. The predicted molar refractivity (Wildman–Crippen MR) is 102 cm³/mol. The van der Waals surface area contributed by atoms with Gasteiger partial charge < -0.3 is 4.90 Å². The molecule has 0 bridgehead atoms. The molecule has 0 radical (unpaired) electrons. The zero-order chi connectivity index (χ0) is 19.5. The van der Waals surface area contributed by atoms with Crippen LogP contribution in [0.4, 0.5) is 0 Å². The first-order valence-corrected chi connectivity index (χ1v) is 9.37. The van der Waals surface area contributed by atoms with Crippen LogP contribution in [0.3, 0.4) is 0 Å². The minimum Gasteiger partial charge on any atom is -0.321 e. The molecule has 0 N–H and O–H groups in total. The number of amides is 1. The second-order valence-electron chi connectivity index (χ2n) is 7.34. The lowest BCUT2D eigenvalue weighted by atomic mass is 10.0. The van der Waals surface area contributed by atoms with Gasteiger partial charge >= 0.3 is 0 Å². The van der Waals surface area contributed by atoms with Crippen molar-refractivity contribution in [1.82, 2.24) is 40.1 Å². The van der Waals surface area contributed by atoms with Gasteiger partial charge in [0.15, 0.2) is 5.82 Å². The topological polar surface area (TPSA) is 94.6 Å². The molecule has 0 saturated carbocycles. The van der Waals surface area contributed by atoms with Crippen molar-refractivity contribution in [3.8, 4) is 16.9 Å². The van der Waals surface area contributed by atoms with Crippen LogP contribution in [0.2, 0.25) is 0 Å². The van der Waals surface area contributed by atoms with Gasteiger partial charge in [-0.2, -0.15) is 0 Å². The van der Waals surface area contributed by atoms with Crippen LogP contribution in [-0.4, -0.2) is 46.0 Å². The van der Waals surface area contributed by atoms with E-state index in [-0.39, 0.29) is 18.5 Å². The second kappa shape index (κ2) is 5.81. The molecular weight excluding hydrogens is 368 g/mol. The van der Waals surface area contributed by atoms with Gasteiger partial charge in [0.05, 0.1) is 17.9 Å². The van der Waals surface area contributed by atoms with E-state index in [2.05, 4.69) is 31.9 Å². The van der Waals surface area contributed by atoms with E-state index < -0.39 is 0 Å². The second-order valence-corrected chi connectivity index (χ2v) is 7.34. The Morgan fingerprint density at radius 2 is 1.90 bits per heavy atom. The van der Waals surface area contributed by atoms with Crippen LogP contribution in [-0.2, 0) is 17.9 Å².